The van der Waals surface area contributed by atoms with Crippen LogP contribution in [0.15, 0.2) is 4.40 Å². The molecule has 0 heterocycles. The first-order valence-electron chi connectivity index (χ1n) is 4.30. The molecule has 0 aromatic heterocycles. The minimum Gasteiger partial charge on any atom is -0.390 e. The molecule has 0 aliphatic carbocycles. The second-order valence-corrected chi connectivity index (χ2v) is 6.60. The van der Waals surface area contributed by atoms with E-state index >= 15 is 0 Å². The van der Waals surface area contributed by atoms with Crippen molar-refractivity contribution in [3.05, 3.63) is 0 Å². The zero-order valence-corrected chi connectivity index (χ0v) is 9.81. The van der Waals surface area contributed by atoms with Crippen LogP contribution in [0.1, 0.15) is 41.0 Å². The van der Waals surface area contributed by atoms with Crippen molar-refractivity contribution in [2.75, 3.05) is 0 Å². The molecule has 0 radical (unpaired) electrons. The zero-order valence-electron chi connectivity index (χ0n) is 9.00. The van der Waals surface area contributed by atoms with Crippen LogP contribution in [0.25, 0.3) is 0 Å². The van der Waals surface area contributed by atoms with E-state index in [1.54, 1.807) is 13.8 Å². The Kier molecular flexibility index (Phi) is 4.26. The van der Waals surface area contributed by atoms with Gasteiger partial charge in [-0.05, 0) is 34.6 Å². The fourth-order valence-corrected chi connectivity index (χ4v) is 1.01. The molecule has 1 atom stereocenters. The summed E-state index contributed by atoms with van der Waals surface area (Å²) in [7, 11) is -1.21. The lowest BCUT2D eigenvalue weighted by Crippen LogP contribution is -2.21. The van der Waals surface area contributed by atoms with Crippen LogP contribution in [0, 0.1) is 0 Å². The Bertz CT molecular complexity index is 211. The molecule has 0 fully saturated rings. The predicted octanol–water partition coefficient (Wildman–Crippen LogP) is 1.68. The van der Waals surface area contributed by atoms with Gasteiger partial charge >= 0.3 is 0 Å². The monoisotopic (exact) mass is 205 g/mol. The molecule has 0 aromatic carbocycles. The summed E-state index contributed by atoms with van der Waals surface area (Å²) >= 11 is 0. The average molecular weight is 205 g/mol. The molecular formula is C9H19NO2S. The van der Waals surface area contributed by atoms with Gasteiger partial charge < -0.3 is 5.11 Å². The quantitative estimate of drug-likeness (QED) is 0.713. The molecule has 3 nitrogen and oxygen atoms in total. The maximum absolute atomic E-state index is 11.4. The first-order valence-corrected chi connectivity index (χ1v) is 5.40. The van der Waals surface area contributed by atoms with E-state index in [-0.39, 0.29) is 4.75 Å². The standard InChI is InChI=1S/C9H19NO2S/c1-8(2,3)13(12)10-7-6-9(4,5)11/h7,11H,6H2,1-5H3. The van der Waals surface area contributed by atoms with Gasteiger partial charge in [-0.15, -0.1) is 0 Å². The fourth-order valence-electron chi connectivity index (χ4n) is 0.486. The van der Waals surface area contributed by atoms with Gasteiger partial charge in [0.1, 0.15) is 11.0 Å². The fraction of sp³-hybridized carbons (Fsp3) is 0.889. The highest BCUT2D eigenvalue weighted by Crippen LogP contribution is 2.12. The van der Waals surface area contributed by atoms with E-state index in [1.165, 1.54) is 6.21 Å². The molecule has 13 heavy (non-hydrogen) atoms. The first-order chi connectivity index (χ1) is 5.63. The third-order valence-corrected chi connectivity index (χ3v) is 2.67. The van der Waals surface area contributed by atoms with E-state index in [4.69, 9.17) is 0 Å². The van der Waals surface area contributed by atoms with Crippen LogP contribution in [-0.2, 0) is 11.0 Å². The van der Waals surface area contributed by atoms with Crippen molar-refractivity contribution in [3.8, 4) is 0 Å². The minimum absolute atomic E-state index is 0.323. The summed E-state index contributed by atoms with van der Waals surface area (Å²) in [5.74, 6) is 0. The highest BCUT2D eigenvalue weighted by Gasteiger charge is 2.18. The summed E-state index contributed by atoms with van der Waals surface area (Å²) in [6.07, 6.45) is 1.95. The van der Waals surface area contributed by atoms with Crippen molar-refractivity contribution >= 4 is 17.2 Å². The summed E-state index contributed by atoms with van der Waals surface area (Å²) in [4.78, 5) is 0. The number of hydrogen-bond donors (Lipinski definition) is 1. The Balaban J connectivity index is 4.09. The second kappa shape index (κ2) is 4.33. The minimum atomic E-state index is -1.21. The third kappa shape index (κ3) is 6.90. The molecule has 0 spiro atoms. The molecular weight excluding hydrogens is 186 g/mol. The van der Waals surface area contributed by atoms with Crippen LogP contribution in [0.2, 0.25) is 0 Å². The maximum atomic E-state index is 11.4. The van der Waals surface area contributed by atoms with Crippen molar-refractivity contribution < 1.29 is 9.32 Å². The maximum Gasteiger partial charge on any atom is 0.144 e. The Hall–Kier alpha value is -0.220. The molecule has 4 heteroatoms. The Morgan fingerprint density at radius 1 is 1.31 bits per heavy atom. The Morgan fingerprint density at radius 2 is 1.77 bits per heavy atom. The molecule has 78 valence electrons. The molecule has 0 aliphatic heterocycles. The largest absolute Gasteiger partial charge is 0.390 e. The number of aliphatic hydroxyl groups is 1. The molecule has 0 saturated heterocycles. The molecule has 1 N–H and O–H groups in total. The van der Waals surface area contributed by atoms with E-state index in [0.29, 0.717) is 6.42 Å². The molecule has 0 rings (SSSR count). The third-order valence-electron chi connectivity index (χ3n) is 1.28. The van der Waals surface area contributed by atoms with Gasteiger partial charge in [0.15, 0.2) is 0 Å². The van der Waals surface area contributed by atoms with Crippen LogP contribution >= 0.6 is 0 Å². The molecule has 0 aliphatic rings. The SMILES string of the molecule is CC(C)(O)CC=NS(=O)C(C)(C)C. The van der Waals surface area contributed by atoms with Gasteiger partial charge in [-0.25, -0.2) is 4.21 Å². The van der Waals surface area contributed by atoms with Gasteiger partial charge in [0, 0.05) is 12.6 Å². The normalized spacial score (nSPS) is 16.5. The van der Waals surface area contributed by atoms with Crippen LogP contribution in [0.3, 0.4) is 0 Å². The van der Waals surface area contributed by atoms with Gasteiger partial charge in [-0.3, -0.25) is 0 Å². The van der Waals surface area contributed by atoms with E-state index in [2.05, 4.69) is 4.40 Å². The van der Waals surface area contributed by atoms with E-state index in [0.717, 1.165) is 0 Å². The van der Waals surface area contributed by atoms with E-state index < -0.39 is 16.6 Å². The molecule has 1 unspecified atom stereocenters. The van der Waals surface area contributed by atoms with Crippen molar-refractivity contribution in [2.45, 2.75) is 51.4 Å². The van der Waals surface area contributed by atoms with E-state index in [1.807, 2.05) is 20.8 Å². The highest BCUT2D eigenvalue weighted by atomic mass is 32.2. The van der Waals surface area contributed by atoms with Crippen LogP contribution in [0.4, 0.5) is 0 Å². The van der Waals surface area contributed by atoms with Gasteiger partial charge in [0.05, 0.1) is 10.3 Å². The number of rotatable bonds is 3. The van der Waals surface area contributed by atoms with Crippen molar-refractivity contribution in [1.82, 2.24) is 0 Å². The van der Waals surface area contributed by atoms with Crippen molar-refractivity contribution in [3.63, 3.8) is 0 Å². The summed E-state index contributed by atoms with van der Waals surface area (Å²) in [5.41, 5.74) is -0.772. The van der Waals surface area contributed by atoms with Crippen LogP contribution in [0.5, 0.6) is 0 Å². The lowest BCUT2D eigenvalue weighted by Gasteiger charge is -2.15. The highest BCUT2D eigenvalue weighted by molar-refractivity contribution is 7.85. The lowest BCUT2D eigenvalue weighted by molar-refractivity contribution is 0.0898. The topological polar surface area (TPSA) is 49.7 Å². The van der Waals surface area contributed by atoms with Crippen molar-refractivity contribution in [2.24, 2.45) is 4.40 Å². The summed E-state index contributed by atoms with van der Waals surface area (Å²) in [6.45, 7) is 8.98. The second-order valence-electron chi connectivity index (χ2n) is 4.67. The average Bonchev–Trinajstić information content (AvgIpc) is 1.82. The van der Waals surface area contributed by atoms with Gasteiger partial charge in [-0.2, -0.15) is 4.40 Å². The predicted molar refractivity (Wildman–Crippen MR) is 57.3 cm³/mol. The summed E-state index contributed by atoms with van der Waals surface area (Å²) in [6, 6.07) is 0. The first kappa shape index (κ1) is 12.8. The van der Waals surface area contributed by atoms with Gasteiger partial charge in [0.2, 0.25) is 0 Å². The molecule has 0 bridgehead atoms. The lowest BCUT2D eigenvalue weighted by atomic mass is 10.1. The summed E-state index contributed by atoms with van der Waals surface area (Å²) in [5, 5.41) is 9.34. The van der Waals surface area contributed by atoms with E-state index in [9.17, 15) is 9.32 Å². The molecule has 0 amide bonds. The van der Waals surface area contributed by atoms with Crippen LogP contribution < -0.4 is 0 Å². The number of nitrogens with zero attached hydrogens (tertiary/aromatic N) is 1. The van der Waals surface area contributed by atoms with Gasteiger partial charge in [-0.1, -0.05) is 0 Å². The zero-order chi connectivity index (χ0) is 10.7. The Labute approximate surface area is 82.9 Å². The van der Waals surface area contributed by atoms with Crippen LogP contribution in [-0.4, -0.2) is 25.9 Å². The number of hydrogen-bond acceptors (Lipinski definition) is 2. The van der Waals surface area contributed by atoms with Crippen molar-refractivity contribution in [1.29, 1.82) is 0 Å². The molecule has 0 saturated carbocycles. The molecule has 0 aromatic rings. The summed E-state index contributed by atoms with van der Waals surface area (Å²) < 4.78 is 14.9. The smallest absolute Gasteiger partial charge is 0.144 e. The van der Waals surface area contributed by atoms with Gasteiger partial charge in [0.25, 0.3) is 0 Å². The Morgan fingerprint density at radius 3 is 2.08 bits per heavy atom.